The standard InChI is InChI=1S/C13H22ClN3O/c1-9(2)10-11(14)16-8-17-12(10)15-7-13(3,4)5-6-18/h8-9,18H,5-7H2,1-4H3,(H,15,16,17). The summed E-state index contributed by atoms with van der Waals surface area (Å²) in [6.07, 6.45) is 2.21. The number of hydrogen-bond donors (Lipinski definition) is 2. The lowest BCUT2D eigenvalue weighted by atomic mass is 9.89. The molecule has 0 fully saturated rings. The number of aliphatic hydroxyl groups excluding tert-OH is 1. The minimum absolute atomic E-state index is 0.0143. The van der Waals surface area contributed by atoms with E-state index in [1.807, 2.05) is 0 Å². The van der Waals surface area contributed by atoms with Crippen molar-refractivity contribution in [3.05, 3.63) is 17.0 Å². The summed E-state index contributed by atoms with van der Waals surface area (Å²) in [5.74, 6) is 1.05. The summed E-state index contributed by atoms with van der Waals surface area (Å²) in [4.78, 5) is 8.27. The van der Waals surface area contributed by atoms with Crippen LogP contribution in [0.1, 0.15) is 45.6 Å². The topological polar surface area (TPSA) is 58.0 Å². The second kappa shape index (κ2) is 6.34. The highest BCUT2D eigenvalue weighted by atomic mass is 35.5. The molecule has 0 unspecified atom stereocenters. The average molecular weight is 272 g/mol. The van der Waals surface area contributed by atoms with Gasteiger partial charge in [-0.3, -0.25) is 0 Å². The Labute approximate surface area is 114 Å². The van der Waals surface area contributed by atoms with Gasteiger partial charge < -0.3 is 10.4 Å². The minimum Gasteiger partial charge on any atom is -0.396 e. The van der Waals surface area contributed by atoms with Gasteiger partial charge in [-0.15, -0.1) is 0 Å². The van der Waals surface area contributed by atoms with Crippen LogP contribution in [0.5, 0.6) is 0 Å². The number of nitrogens with zero attached hydrogens (tertiary/aromatic N) is 2. The Morgan fingerprint density at radius 3 is 2.61 bits per heavy atom. The predicted octanol–water partition coefficient (Wildman–Crippen LogP) is 3.07. The van der Waals surface area contributed by atoms with Crippen LogP contribution in [0.4, 0.5) is 5.82 Å². The monoisotopic (exact) mass is 271 g/mol. The van der Waals surface area contributed by atoms with Crippen LogP contribution >= 0.6 is 11.6 Å². The van der Waals surface area contributed by atoms with Crippen molar-refractivity contribution in [2.24, 2.45) is 5.41 Å². The maximum atomic E-state index is 9.01. The number of nitrogens with one attached hydrogen (secondary N) is 1. The zero-order valence-electron chi connectivity index (χ0n) is 11.5. The Hall–Kier alpha value is -0.870. The van der Waals surface area contributed by atoms with Crippen molar-refractivity contribution in [1.29, 1.82) is 0 Å². The molecule has 0 amide bonds. The fraction of sp³-hybridized carbons (Fsp3) is 0.692. The lowest BCUT2D eigenvalue weighted by Gasteiger charge is -2.25. The molecule has 0 atom stereocenters. The highest BCUT2D eigenvalue weighted by Crippen LogP contribution is 2.29. The molecule has 5 heteroatoms. The summed E-state index contributed by atoms with van der Waals surface area (Å²) in [6, 6.07) is 0. The van der Waals surface area contributed by atoms with E-state index >= 15 is 0 Å². The van der Waals surface area contributed by atoms with Crippen molar-refractivity contribution < 1.29 is 5.11 Å². The van der Waals surface area contributed by atoms with Crippen LogP contribution in [0, 0.1) is 5.41 Å². The molecule has 0 aromatic carbocycles. The molecule has 0 aliphatic carbocycles. The van der Waals surface area contributed by atoms with Crippen LogP contribution in [-0.4, -0.2) is 28.2 Å². The van der Waals surface area contributed by atoms with Gasteiger partial charge in [0, 0.05) is 18.7 Å². The lowest BCUT2D eigenvalue weighted by Crippen LogP contribution is -2.25. The third-order valence-electron chi connectivity index (χ3n) is 2.94. The molecule has 1 aromatic heterocycles. The molecule has 0 radical (unpaired) electrons. The van der Waals surface area contributed by atoms with E-state index < -0.39 is 0 Å². The fourth-order valence-electron chi connectivity index (χ4n) is 1.74. The highest BCUT2D eigenvalue weighted by molar-refractivity contribution is 6.30. The van der Waals surface area contributed by atoms with Crippen LogP contribution in [-0.2, 0) is 0 Å². The largest absolute Gasteiger partial charge is 0.396 e. The molecule has 0 aliphatic heterocycles. The summed E-state index contributed by atoms with van der Waals surface area (Å²) in [7, 11) is 0. The van der Waals surface area contributed by atoms with Gasteiger partial charge in [-0.25, -0.2) is 9.97 Å². The SMILES string of the molecule is CC(C)c1c(Cl)ncnc1NCC(C)(C)CCO. The molecule has 1 rings (SSSR count). The van der Waals surface area contributed by atoms with E-state index in [1.54, 1.807) is 0 Å². The Balaban J connectivity index is 2.82. The Kier molecular flexibility index (Phi) is 5.35. The van der Waals surface area contributed by atoms with E-state index in [1.165, 1.54) is 6.33 Å². The van der Waals surface area contributed by atoms with Crippen molar-refractivity contribution >= 4 is 17.4 Å². The molecule has 0 saturated heterocycles. The van der Waals surface area contributed by atoms with E-state index in [2.05, 4.69) is 43.0 Å². The maximum Gasteiger partial charge on any atom is 0.138 e. The van der Waals surface area contributed by atoms with E-state index in [9.17, 15) is 0 Å². The Bertz CT molecular complexity index is 394. The summed E-state index contributed by atoms with van der Waals surface area (Å²) >= 11 is 6.10. The first-order valence-electron chi connectivity index (χ1n) is 6.22. The van der Waals surface area contributed by atoms with Crippen molar-refractivity contribution in [2.45, 2.75) is 40.0 Å². The van der Waals surface area contributed by atoms with Gasteiger partial charge in [-0.2, -0.15) is 0 Å². The molecule has 2 N–H and O–H groups in total. The normalized spacial score (nSPS) is 11.9. The number of aromatic nitrogens is 2. The molecule has 1 heterocycles. The third kappa shape index (κ3) is 4.10. The van der Waals surface area contributed by atoms with E-state index in [-0.39, 0.29) is 17.9 Å². The number of aliphatic hydroxyl groups is 1. The molecule has 0 spiro atoms. The van der Waals surface area contributed by atoms with Crippen LogP contribution in [0.2, 0.25) is 5.15 Å². The molecule has 1 aromatic rings. The number of anilines is 1. The van der Waals surface area contributed by atoms with Crippen LogP contribution < -0.4 is 5.32 Å². The predicted molar refractivity (Wildman–Crippen MR) is 75.1 cm³/mol. The zero-order chi connectivity index (χ0) is 13.8. The van der Waals surface area contributed by atoms with Crippen molar-refractivity contribution in [1.82, 2.24) is 9.97 Å². The van der Waals surface area contributed by atoms with E-state index in [4.69, 9.17) is 16.7 Å². The first-order valence-corrected chi connectivity index (χ1v) is 6.60. The van der Waals surface area contributed by atoms with E-state index in [0.717, 1.165) is 24.3 Å². The molecule has 0 saturated carbocycles. The lowest BCUT2D eigenvalue weighted by molar-refractivity contribution is 0.220. The number of rotatable bonds is 6. The van der Waals surface area contributed by atoms with Crippen molar-refractivity contribution in [2.75, 3.05) is 18.5 Å². The van der Waals surface area contributed by atoms with Gasteiger partial charge in [-0.1, -0.05) is 39.3 Å². The average Bonchev–Trinajstić information content (AvgIpc) is 2.26. The Morgan fingerprint density at radius 2 is 2.06 bits per heavy atom. The van der Waals surface area contributed by atoms with Gasteiger partial charge in [-0.05, 0) is 17.8 Å². The van der Waals surface area contributed by atoms with Gasteiger partial charge in [0.2, 0.25) is 0 Å². The maximum absolute atomic E-state index is 9.01. The Morgan fingerprint density at radius 1 is 1.39 bits per heavy atom. The third-order valence-corrected chi connectivity index (χ3v) is 3.24. The molecule has 18 heavy (non-hydrogen) atoms. The fourth-order valence-corrected chi connectivity index (χ4v) is 2.09. The quantitative estimate of drug-likeness (QED) is 0.781. The summed E-state index contributed by atoms with van der Waals surface area (Å²) in [6.45, 7) is 9.27. The minimum atomic E-state index is 0.0143. The van der Waals surface area contributed by atoms with Gasteiger partial charge in [0.05, 0.1) is 0 Å². The number of hydrogen-bond acceptors (Lipinski definition) is 4. The molecular formula is C13H22ClN3O. The summed E-state index contributed by atoms with van der Waals surface area (Å²) in [5.41, 5.74) is 0.958. The second-order valence-corrected chi connectivity index (χ2v) is 5.93. The smallest absolute Gasteiger partial charge is 0.138 e. The van der Waals surface area contributed by atoms with Gasteiger partial charge in [0.25, 0.3) is 0 Å². The first kappa shape index (κ1) is 15.2. The van der Waals surface area contributed by atoms with E-state index in [0.29, 0.717) is 5.15 Å². The zero-order valence-corrected chi connectivity index (χ0v) is 12.3. The molecule has 102 valence electrons. The van der Waals surface area contributed by atoms with Crippen molar-refractivity contribution in [3.63, 3.8) is 0 Å². The van der Waals surface area contributed by atoms with Gasteiger partial charge in [0.1, 0.15) is 17.3 Å². The van der Waals surface area contributed by atoms with Gasteiger partial charge in [0.15, 0.2) is 0 Å². The van der Waals surface area contributed by atoms with Crippen LogP contribution in [0.25, 0.3) is 0 Å². The van der Waals surface area contributed by atoms with Crippen LogP contribution in [0.3, 0.4) is 0 Å². The molecular weight excluding hydrogens is 250 g/mol. The summed E-state index contributed by atoms with van der Waals surface area (Å²) in [5, 5.41) is 12.8. The first-order chi connectivity index (χ1) is 8.37. The molecule has 4 nitrogen and oxygen atoms in total. The van der Waals surface area contributed by atoms with Gasteiger partial charge >= 0.3 is 0 Å². The second-order valence-electron chi connectivity index (χ2n) is 5.57. The highest BCUT2D eigenvalue weighted by Gasteiger charge is 2.19. The summed E-state index contributed by atoms with van der Waals surface area (Å²) < 4.78 is 0. The molecule has 0 bridgehead atoms. The molecule has 0 aliphatic rings. The number of halogens is 1. The van der Waals surface area contributed by atoms with Crippen molar-refractivity contribution in [3.8, 4) is 0 Å². The van der Waals surface area contributed by atoms with Crippen LogP contribution in [0.15, 0.2) is 6.33 Å².